The first kappa shape index (κ1) is 24.0. The van der Waals surface area contributed by atoms with Crippen LogP contribution in [-0.2, 0) is 5.41 Å². The van der Waals surface area contributed by atoms with E-state index in [9.17, 15) is 23.4 Å². The van der Waals surface area contributed by atoms with Gasteiger partial charge >= 0.3 is 0 Å². The molecule has 0 saturated heterocycles. The van der Waals surface area contributed by atoms with Crippen LogP contribution in [0.3, 0.4) is 0 Å². The summed E-state index contributed by atoms with van der Waals surface area (Å²) in [7, 11) is 0. The zero-order valence-electron chi connectivity index (χ0n) is 18.1. The topological polar surface area (TPSA) is 92.5 Å². The van der Waals surface area contributed by atoms with E-state index in [1.165, 1.54) is 18.2 Å². The van der Waals surface area contributed by atoms with Gasteiger partial charge in [0.05, 0.1) is 16.8 Å². The molecule has 0 unspecified atom stereocenters. The van der Waals surface area contributed by atoms with Gasteiger partial charge in [0.15, 0.2) is 0 Å². The summed E-state index contributed by atoms with van der Waals surface area (Å²) in [6.07, 6.45) is 3.05. The molecular formula is C27H20ClF3N2O2. The average Bonchev–Trinajstić information content (AvgIpc) is 2.82. The van der Waals surface area contributed by atoms with Crippen molar-refractivity contribution in [2.75, 3.05) is 11.5 Å². The van der Waals surface area contributed by atoms with Gasteiger partial charge in [-0.25, -0.2) is 13.2 Å². The van der Waals surface area contributed by atoms with Crippen LogP contribution in [0.2, 0.25) is 5.02 Å². The predicted octanol–water partition coefficient (Wildman–Crippen LogP) is 6.38. The molecule has 0 aromatic heterocycles. The second-order valence-electron chi connectivity index (χ2n) is 7.95. The minimum absolute atomic E-state index is 0.134. The summed E-state index contributed by atoms with van der Waals surface area (Å²) in [5, 5.41) is 22.3. The molecule has 6 N–H and O–H groups in total. The maximum atomic E-state index is 14.7. The predicted molar refractivity (Wildman–Crippen MR) is 132 cm³/mol. The number of hydrogen-bond acceptors (Lipinski definition) is 4. The van der Waals surface area contributed by atoms with Crippen molar-refractivity contribution in [3.63, 3.8) is 0 Å². The second kappa shape index (κ2) is 9.27. The van der Waals surface area contributed by atoms with Crippen molar-refractivity contribution >= 4 is 29.1 Å². The molecule has 0 aliphatic carbocycles. The maximum Gasteiger partial charge on any atom is 0.143 e. The van der Waals surface area contributed by atoms with Crippen LogP contribution in [0.15, 0.2) is 78.9 Å². The van der Waals surface area contributed by atoms with E-state index >= 15 is 0 Å². The third-order valence-electron chi connectivity index (χ3n) is 5.78. The lowest BCUT2D eigenvalue weighted by atomic mass is 9.68. The van der Waals surface area contributed by atoms with Gasteiger partial charge in [0.1, 0.15) is 29.0 Å². The van der Waals surface area contributed by atoms with Gasteiger partial charge in [-0.3, -0.25) is 0 Å². The minimum atomic E-state index is -1.78. The lowest BCUT2D eigenvalue weighted by molar-refractivity contribution is 0.448. The number of hydrogen-bond donors (Lipinski definition) is 4. The van der Waals surface area contributed by atoms with Gasteiger partial charge in [-0.2, -0.15) is 0 Å². The highest BCUT2D eigenvalue weighted by molar-refractivity contribution is 6.32. The summed E-state index contributed by atoms with van der Waals surface area (Å²) in [6, 6.07) is 15.7. The Kier molecular flexibility index (Phi) is 6.37. The van der Waals surface area contributed by atoms with Crippen molar-refractivity contribution in [2.45, 2.75) is 5.41 Å². The van der Waals surface area contributed by atoms with E-state index < -0.39 is 34.4 Å². The van der Waals surface area contributed by atoms with Crippen LogP contribution in [0.5, 0.6) is 11.5 Å². The van der Waals surface area contributed by atoms with Gasteiger partial charge in [0, 0.05) is 28.3 Å². The Balaban J connectivity index is 2.20. The Labute approximate surface area is 204 Å². The molecule has 4 aromatic rings. The smallest absolute Gasteiger partial charge is 0.143 e. The van der Waals surface area contributed by atoms with Crippen LogP contribution in [0.1, 0.15) is 22.3 Å². The van der Waals surface area contributed by atoms with Crippen molar-refractivity contribution in [1.82, 2.24) is 0 Å². The summed E-state index contributed by atoms with van der Waals surface area (Å²) in [5.41, 5.74) is 9.90. The molecule has 0 bridgehead atoms. The molecule has 0 saturated carbocycles. The van der Waals surface area contributed by atoms with Gasteiger partial charge in [-0.15, -0.1) is 0 Å². The fourth-order valence-corrected chi connectivity index (χ4v) is 4.31. The van der Waals surface area contributed by atoms with E-state index in [1.807, 2.05) is 0 Å². The third-order valence-corrected chi connectivity index (χ3v) is 6.12. The van der Waals surface area contributed by atoms with E-state index in [4.69, 9.17) is 23.1 Å². The van der Waals surface area contributed by atoms with Crippen molar-refractivity contribution in [3.05, 3.63) is 124 Å². The monoisotopic (exact) mass is 496 g/mol. The summed E-state index contributed by atoms with van der Waals surface area (Å²) in [6.45, 7) is 0. The molecule has 35 heavy (non-hydrogen) atoms. The van der Waals surface area contributed by atoms with E-state index in [1.54, 1.807) is 30.3 Å². The van der Waals surface area contributed by atoms with Gasteiger partial charge in [-0.05, 0) is 41.5 Å². The molecule has 4 rings (SSSR count). The van der Waals surface area contributed by atoms with Crippen LogP contribution >= 0.6 is 11.6 Å². The summed E-state index contributed by atoms with van der Waals surface area (Å²) < 4.78 is 43.2. The number of nitrogens with two attached hydrogens (primary N) is 2. The summed E-state index contributed by atoms with van der Waals surface area (Å²) in [5.74, 6) is -3.18. The molecule has 0 amide bonds. The fourth-order valence-electron chi connectivity index (χ4n) is 4.11. The minimum Gasteiger partial charge on any atom is -0.505 e. The number of phenols is 2. The number of allylic oxidation sites excluding steroid dienone is 1. The number of halogens is 4. The second-order valence-corrected chi connectivity index (χ2v) is 8.36. The molecule has 0 heterocycles. The van der Waals surface area contributed by atoms with Crippen molar-refractivity contribution < 1.29 is 23.4 Å². The Morgan fingerprint density at radius 2 is 1.23 bits per heavy atom. The lowest BCUT2D eigenvalue weighted by Gasteiger charge is -2.34. The normalized spacial score (nSPS) is 11.8. The molecule has 0 radical (unpaired) electrons. The summed E-state index contributed by atoms with van der Waals surface area (Å²) in [4.78, 5) is 0. The van der Waals surface area contributed by atoms with Gasteiger partial charge in [0.25, 0.3) is 0 Å². The first-order valence-corrected chi connectivity index (χ1v) is 10.8. The number of rotatable bonds is 5. The first-order valence-electron chi connectivity index (χ1n) is 10.4. The highest BCUT2D eigenvalue weighted by Gasteiger charge is 2.40. The van der Waals surface area contributed by atoms with Crippen LogP contribution in [0, 0.1) is 17.5 Å². The number of phenolic OH excluding ortho intramolecular Hbond substituents is 2. The highest BCUT2D eigenvalue weighted by Crippen LogP contribution is 2.50. The number of aromatic hydroxyl groups is 2. The molecule has 0 atom stereocenters. The van der Waals surface area contributed by atoms with Gasteiger partial charge < -0.3 is 21.7 Å². The molecule has 0 spiro atoms. The van der Waals surface area contributed by atoms with Gasteiger partial charge in [-0.1, -0.05) is 54.1 Å². The Morgan fingerprint density at radius 1 is 0.714 bits per heavy atom. The van der Waals surface area contributed by atoms with Crippen molar-refractivity contribution in [3.8, 4) is 11.5 Å². The maximum absolute atomic E-state index is 14.7. The number of nitrogen functional groups attached to an aromatic ring is 2. The van der Waals surface area contributed by atoms with Crippen LogP contribution in [0.4, 0.5) is 24.5 Å². The highest BCUT2D eigenvalue weighted by atomic mass is 35.5. The van der Waals surface area contributed by atoms with Crippen molar-refractivity contribution in [1.29, 1.82) is 0 Å². The van der Waals surface area contributed by atoms with Crippen LogP contribution in [-0.4, -0.2) is 10.2 Å². The summed E-state index contributed by atoms with van der Waals surface area (Å²) >= 11 is 6.32. The molecule has 4 nitrogen and oxygen atoms in total. The molecule has 0 aliphatic heterocycles. The SMILES string of the molecule is Nc1cc(F)cc(C(C=Cc2ccccc2Cl)(c2ccc(F)cc2)c2cc(F)cc(N)c2O)c1O. The molecular weight excluding hydrogens is 477 g/mol. The largest absolute Gasteiger partial charge is 0.505 e. The average molecular weight is 497 g/mol. The van der Waals surface area contributed by atoms with E-state index in [2.05, 4.69) is 0 Å². The van der Waals surface area contributed by atoms with Crippen molar-refractivity contribution in [2.24, 2.45) is 0 Å². The fraction of sp³-hybridized carbons (Fsp3) is 0.0370. The number of anilines is 2. The Bertz CT molecular complexity index is 1380. The van der Waals surface area contributed by atoms with E-state index in [-0.39, 0.29) is 28.1 Å². The zero-order chi connectivity index (χ0) is 25.3. The Morgan fingerprint density at radius 3 is 1.74 bits per heavy atom. The van der Waals surface area contributed by atoms with Crippen LogP contribution in [0.25, 0.3) is 6.08 Å². The molecule has 8 heteroatoms. The standard InChI is InChI=1S/C27H20ClF3N2O2/c28-22-4-2-1-3-15(22)9-10-27(16-5-7-17(29)8-6-16,20-11-18(30)13-23(32)25(20)34)21-12-19(31)14-24(33)26(21)35/h1-14,34-35H,32-33H2. The first-order chi connectivity index (χ1) is 16.6. The molecule has 178 valence electrons. The Hall–Kier alpha value is -4.10. The number of benzene rings is 4. The van der Waals surface area contributed by atoms with Gasteiger partial charge in [0.2, 0.25) is 0 Å². The zero-order valence-corrected chi connectivity index (χ0v) is 18.9. The van der Waals surface area contributed by atoms with E-state index in [0.29, 0.717) is 10.6 Å². The lowest BCUT2D eigenvalue weighted by Crippen LogP contribution is -2.28. The molecule has 4 aromatic carbocycles. The van der Waals surface area contributed by atoms with Crippen LogP contribution < -0.4 is 11.5 Å². The molecule has 0 aliphatic rings. The third kappa shape index (κ3) is 4.38. The quantitative estimate of drug-likeness (QED) is 0.146. The molecule has 0 fully saturated rings. The van der Waals surface area contributed by atoms with E-state index in [0.717, 1.165) is 36.4 Å².